The molecule has 5 nitrogen and oxygen atoms in total. The average molecular weight is 284 g/mol. The molecule has 1 aliphatic carbocycles. The van der Waals surface area contributed by atoms with Crippen LogP contribution in [0.1, 0.15) is 64.7 Å². The van der Waals surface area contributed by atoms with E-state index < -0.39 is 11.5 Å². The van der Waals surface area contributed by atoms with E-state index >= 15 is 0 Å². The fraction of sp³-hybridized carbons (Fsp3) is 0.867. The molecule has 0 saturated heterocycles. The fourth-order valence-electron chi connectivity index (χ4n) is 2.86. The van der Waals surface area contributed by atoms with Gasteiger partial charge in [0, 0.05) is 6.42 Å². The Balaban J connectivity index is 2.52. The Morgan fingerprint density at radius 3 is 2.30 bits per heavy atom. The molecule has 0 heterocycles. The zero-order chi connectivity index (χ0) is 15.0. The van der Waals surface area contributed by atoms with Gasteiger partial charge in [-0.2, -0.15) is 0 Å². The number of carbonyl (C=O) groups is 2. The molecule has 1 unspecified atom stereocenters. The number of carboxylic acid groups (broad SMARTS) is 1. The normalized spacial score (nSPS) is 19.9. The maximum atomic E-state index is 12.0. The molecule has 1 saturated carbocycles. The van der Waals surface area contributed by atoms with Crippen molar-refractivity contribution in [1.82, 2.24) is 5.32 Å². The van der Waals surface area contributed by atoms with E-state index in [4.69, 9.17) is 5.73 Å². The lowest BCUT2D eigenvalue weighted by molar-refractivity contribution is -0.148. The molecule has 0 spiro atoms. The molecule has 116 valence electrons. The minimum atomic E-state index is -1.04. The molecule has 4 N–H and O–H groups in total. The second kappa shape index (κ2) is 8.25. The van der Waals surface area contributed by atoms with E-state index in [0.29, 0.717) is 31.7 Å². The van der Waals surface area contributed by atoms with Gasteiger partial charge in [0.15, 0.2) is 0 Å². The summed E-state index contributed by atoms with van der Waals surface area (Å²) >= 11 is 0. The molecule has 1 rings (SSSR count). The molecule has 0 aromatic rings. The van der Waals surface area contributed by atoms with Crippen molar-refractivity contribution in [2.75, 3.05) is 6.54 Å². The third-order valence-electron chi connectivity index (χ3n) is 4.27. The first-order chi connectivity index (χ1) is 9.50. The van der Waals surface area contributed by atoms with Gasteiger partial charge in [-0.3, -0.25) is 4.79 Å². The molecule has 0 aromatic carbocycles. The van der Waals surface area contributed by atoms with Gasteiger partial charge in [-0.05, 0) is 38.1 Å². The Morgan fingerprint density at radius 1 is 1.20 bits per heavy atom. The lowest BCUT2D eigenvalue weighted by Gasteiger charge is -2.29. The van der Waals surface area contributed by atoms with Crippen LogP contribution in [-0.2, 0) is 9.59 Å². The second-order valence-corrected chi connectivity index (χ2v) is 6.07. The van der Waals surface area contributed by atoms with E-state index in [2.05, 4.69) is 12.2 Å². The monoisotopic (exact) mass is 284 g/mol. The number of nitrogens with two attached hydrogens (primary N) is 1. The fourth-order valence-corrected chi connectivity index (χ4v) is 2.86. The van der Waals surface area contributed by atoms with Gasteiger partial charge in [0.05, 0.1) is 0 Å². The molecule has 1 fully saturated rings. The highest BCUT2D eigenvalue weighted by atomic mass is 16.4. The Kier molecular flexibility index (Phi) is 6.99. The molecule has 1 atom stereocenters. The summed E-state index contributed by atoms with van der Waals surface area (Å²) < 4.78 is 0. The number of hydrogen-bond donors (Lipinski definition) is 3. The average Bonchev–Trinajstić information content (AvgIpc) is 2.63. The summed E-state index contributed by atoms with van der Waals surface area (Å²) in [5.41, 5.74) is 4.45. The van der Waals surface area contributed by atoms with Crippen LogP contribution >= 0.6 is 0 Å². The number of rotatable bonds is 7. The number of nitrogens with one attached hydrogen (secondary N) is 1. The Labute approximate surface area is 121 Å². The molecule has 20 heavy (non-hydrogen) atoms. The van der Waals surface area contributed by atoms with Crippen LogP contribution in [0.25, 0.3) is 0 Å². The van der Waals surface area contributed by atoms with Gasteiger partial charge in [-0.1, -0.05) is 32.6 Å². The summed E-state index contributed by atoms with van der Waals surface area (Å²) in [5.74, 6) is -0.624. The minimum absolute atomic E-state index is 0.141. The summed E-state index contributed by atoms with van der Waals surface area (Å²) in [7, 11) is 0. The minimum Gasteiger partial charge on any atom is -0.480 e. The van der Waals surface area contributed by atoms with Crippen LogP contribution in [0.4, 0.5) is 0 Å². The number of carbonyl (C=O) groups excluding carboxylic acids is 1. The highest BCUT2D eigenvalue weighted by molar-refractivity contribution is 5.87. The van der Waals surface area contributed by atoms with Gasteiger partial charge in [0.25, 0.3) is 0 Å². The van der Waals surface area contributed by atoms with Crippen LogP contribution in [0.2, 0.25) is 0 Å². The summed E-state index contributed by atoms with van der Waals surface area (Å²) in [4.78, 5) is 23.6. The summed E-state index contributed by atoms with van der Waals surface area (Å²) in [5, 5.41) is 12.3. The van der Waals surface area contributed by atoms with Crippen molar-refractivity contribution in [3.8, 4) is 0 Å². The topological polar surface area (TPSA) is 92.4 Å². The molecular weight excluding hydrogens is 256 g/mol. The van der Waals surface area contributed by atoms with Gasteiger partial charge in [-0.15, -0.1) is 0 Å². The van der Waals surface area contributed by atoms with Crippen LogP contribution in [0.15, 0.2) is 0 Å². The molecule has 1 aliphatic rings. The van der Waals surface area contributed by atoms with E-state index in [-0.39, 0.29) is 5.91 Å². The summed E-state index contributed by atoms with van der Waals surface area (Å²) in [6.45, 7) is 2.70. The van der Waals surface area contributed by atoms with E-state index in [1.807, 2.05) is 0 Å². The third-order valence-corrected chi connectivity index (χ3v) is 4.27. The van der Waals surface area contributed by atoms with E-state index in [9.17, 15) is 14.7 Å². The van der Waals surface area contributed by atoms with E-state index in [1.54, 1.807) is 0 Å². The summed E-state index contributed by atoms with van der Waals surface area (Å²) in [6.07, 6.45) is 6.99. The SMILES string of the molecule is CC(CCN)CCC(=O)NC1(C(=O)O)CCCCCC1. The number of amides is 1. The third kappa shape index (κ3) is 5.12. The van der Waals surface area contributed by atoms with Crippen molar-refractivity contribution in [2.45, 2.75) is 70.3 Å². The quantitative estimate of drug-likeness (QED) is 0.624. The highest BCUT2D eigenvalue weighted by Crippen LogP contribution is 2.27. The van der Waals surface area contributed by atoms with Gasteiger partial charge < -0.3 is 16.2 Å². The number of carboxylic acids is 1. The zero-order valence-corrected chi connectivity index (χ0v) is 12.5. The van der Waals surface area contributed by atoms with Crippen LogP contribution in [0.3, 0.4) is 0 Å². The first kappa shape index (κ1) is 17.0. The predicted molar refractivity (Wildman–Crippen MR) is 78.3 cm³/mol. The molecule has 0 bridgehead atoms. The largest absolute Gasteiger partial charge is 0.480 e. The van der Waals surface area contributed by atoms with Crippen LogP contribution < -0.4 is 11.1 Å². The number of aliphatic carboxylic acids is 1. The maximum absolute atomic E-state index is 12.0. The molecule has 0 aliphatic heterocycles. The van der Waals surface area contributed by atoms with Crippen molar-refractivity contribution in [3.63, 3.8) is 0 Å². The lowest BCUT2D eigenvalue weighted by Crippen LogP contribution is -2.54. The van der Waals surface area contributed by atoms with E-state index in [0.717, 1.165) is 38.5 Å². The van der Waals surface area contributed by atoms with Gasteiger partial charge in [0.2, 0.25) is 5.91 Å². The van der Waals surface area contributed by atoms with Gasteiger partial charge in [0.1, 0.15) is 5.54 Å². The first-order valence-corrected chi connectivity index (χ1v) is 7.74. The zero-order valence-electron chi connectivity index (χ0n) is 12.5. The second-order valence-electron chi connectivity index (χ2n) is 6.07. The lowest BCUT2D eigenvalue weighted by atomic mass is 9.89. The predicted octanol–water partition coefficient (Wildman–Crippen LogP) is 2.05. The van der Waals surface area contributed by atoms with Crippen molar-refractivity contribution in [3.05, 3.63) is 0 Å². The van der Waals surface area contributed by atoms with Crippen molar-refractivity contribution in [1.29, 1.82) is 0 Å². The van der Waals surface area contributed by atoms with Crippen LogP contribution in [-0.4, -0.2) is 29.1 Å². The van der Waals surface area contributed by atoms with Gasteiger partial charge >= 0.3 is 5.97 Å². The Morgan fingerprint density at radius 2 is 1.80 bits per heavy atom. The summed E-state index contributed by atoms with van der Waals surface area (Å²) in [6, 6.07) is 0. The highest BCUT2D eigenvalue weighted by Gasteiger charge is 2.39. The van der Waals surface area contributed by atoms with Crippen LogP contribution in [0.5, 0.6) is 0 Å². The van der Waals surface area contributed by atoms with Crippen molar-refractivity contribution in [2.24, 2.45) is 11.7 Å². The standard InChI is InChI=1S/C15H28N2O3/c1-12(8-11-16)6-7-13(18)17-15(14(19)20)9-4-2-3-5-10-15/h12H,2-11,16H2,1H3,(H,17,18)(H,19,20). The van der Waals surface area contributed by atoms with Crippen molar-refractivity contribution >= 4 is 11.9 Å². The molecule has 0 radical (unpaired) electrons. The molecule has 1 amide bonds. The molecule has 5 heteroatoms. The molecule has 0 aromatic heterocycles. The Bertz CT molecular complexity index is 323. The van der Waals surface area contributed by atoms with Gasteiger partial charge in [-0.25, -0.2) is 4.79 Å². The van der Waals surface area contributed by atoms with E-state index in [1.165, 1.54) is 0 Å². The van der Waals surface area contributed by atoms with Crippen molar-refractivity contribution < 1.29 is 14.7 Å². The molecular formula is C15H28N2O3. The first-order valence-electron chi connectivity index (χ1n) is 7.74. The Hall–Kier alpha value is -1.10. The number of hydrogen-bond acceptors (Lipinski definition) is 3. The maximum Gasteiger partial charge on any atom is 0.329 e. The smallest absolute Gasteiger partial charge is 0.329 e. The van der Waals surface area contributed by atoms with Crippen LogP contribution in [0, 0.1) is 5.92 Å².